The first-order valence-corrected chi connectivity index (χ1v) is 13.4. The maximum absolute atomic E-state index is 14.1. The van der Waals surface area contributed by atoms with Crippen molar-refractivity contribution in [2.45, 2.75) is 26.3 Å². The Labute approximate surface area is 242 Å². The molecule has 0 aliphatic rings. The van der Waals surface area contributed by atoms with E-state index in [-0.39, 0.29) is 17.4 Å². The van der Waals surface area contributed by atoms with E-state index in [2.05, 4.69) is 39.0 Å². The largest absolute Gasteiger partial charge is 0.352 e. The summed E-state index contributed by atoms with van der Waals surface area (Å²) in [7, 11) is 0. The molecule has 2 aromatic carbocycles. The molecule has 42 heavy (non-hydrogen) atoms. The number of amides is 2. The molecule has 9 nitrogen and oxygen atoms in total. The number of benzene rings is 2. The van der Waals surface area contributed by atoms with Gasteiger partial charge in [-0.15, -0.1) is 0 Å². The lowest BCUT2D eigenvalue weighted by Crippen LogP contribution is -2.34. The second-order valence-corrected chi connectivity index (χ2v) is 9.55. The number of nitrogens with one attached hydrogen (secondary N) is 2. The number of hydrogen-bond donors (Lipinski definition) is 2. The van der Waals surface area contributed by atoms with Crippen molar-refractivity contribution < 1.29 is 9.59 Å². The molecule has 9 heteroatoms. The number of aryl methyl sites for hydroxylation is 1. The van der Waals surface area contributed by atoms with E-state index in [9.17, 15) is 14.4 Å². The third-order valence-electron chi connectivity index (χ3n) is 6.69. The van der Waals surface area contributed by atoms with E-state index in [1.54, 1.807) is 50.5 Å². The molecule has 0 radical (unpaired) electrons. The Kier molecular flexibility index (Phi) is 8.16. The molecule has 0 aliphatic carbocycles. The van der Waals surface area contributed by atoms with Crippen molar-refractivity contribution in [3.63, 3.8) is 0 Å². The van der Waals surface area contributed by atoms with Crippen LogP contribution in [0, 0.1) is 18.8 Å². The highest BCUT2D eigenvalue weighted by Crippen LogP contribution is 2.22. The summed E-state index contributed by atoms with van der Waals surface area (Å²) in [6.45, 7) is 7.34. The molecule has 1 atom stereocenters. The summed E-state index contributed by atoms with van der Waals surface area (Å²) in [5.74, 6) is 5.81. The number of carbonyl (C=O) groups is 2. The minimum Gasteiger partial charge on any atom is -0.352 e. The third kappa shape index (κ3) is 5.64. The van der Waals surface area contributed by atoms with Crippen molar-refractivity contribution in [2.24, 2.45) is 0 Å². The zero-order chi connectivity index (χ0) is 29.6. The Morgan fingerprint density at radius 1 is 1.07 bits per heavy atom. The molecule has 0 unspecified atom stereocenters. The molecule has 5 aromatic rings. The normalized spacial score (nSPS) is 11.4. The second kappa shape index (κ2) is 12.3. The molecule has 5 rings (SSSR count). The Morgan fingerprint density at radius 3 is 2.67 bits per heavy atom. The van der Waals surface area contributed by atoms with Gasteiger partial charge in [-0.3, -0.25) is 28.9 Å². The summed E-state index contributed by atoms with van der Waals surface area (Å²) in [5.41, 5.74) is 2.75. The first-order chi connectivity index (χ1) is 20.4. The van der Waals surface area contributed by atoms with E-state index >= 15 is 0 Å². The van der Waals surface area contributed by atoms with Gasteiger partial charge in [-0.2, -0.15) is 0 Å². The van der Waals surface area contributed by atoms with Crippen LogP contribution in [-0.4, -0.2) is 37.9 Å². The molecular weight excluding hydrogens is 528 g/mol. The third-order valence-corrected chi connectivity index (χ3v) is 6.69. The smallest absolute Gasteiger partial charge is 0.267 e. The number of carbonyl (C=O) groups excluding carboxylic acids is 2. The molecule has 0 saturated heterocycles. The molecule has 0 fully saturated rings. The van der Waals surface area contributed by atoms with Gasteiger partial charge in [0.1, 0.15) is 5.82 Å². The van der Waals surface area contributed by atoms with Crippen LogP contribution in [0.2, 0.25) is 0 Å². The van der Waals surface area contributed by atoms with Gasteiger partial charge in [0.15, 0.2) is 0 Å². The van der Waals surface area contributed by atoms with Crippen molar-refractivity contribution in [3.8, 4) is 17.5 Å². The van der Waals surface area contributed by atoms with Gasteiger partial charge in [-0.25, -0.2) is 4.98 Å². The van der Waals surface area contributed by atoms with Gasteiger partial charge >= 0.3 is 0 Å². The fourth-order valence-electron chi connectivity index (χ4n) is 4.68. The number of para-hydroxylation sites is 1. The number of rotatable bonds is 7. The van der Waals surface area contributed by atoms with E-state index in [1.165, 1.54) is 10.6 Å². The number of pyridine rings is 2. The Morgan fingerprint density at radius 2 is 1.88 bits per heavy atom. The SMILES string of the molecule is C=CC(=O)NCCC#Cc1cccc2nc([C@@H](C)NC(=O)c3c(C)ncc4cccnc34)n(-c3ccccc3)c(=O)c12. The highest BCUT2D eigenvalue weighted by atomic mass is 16.2. The number of hydrogen-bond acceptors (Lipinski definition) is 6. The van der Waals surface area contributed by atoms with Gasteiger partial charge < -0.3 is 10.6 Å². The zero-order valence-corrected chi connectivity index (χ0v) is 23.2. The average Bonchev–Trinajstić information content (AvgIpc) is 3.00. The molecule has 0 bridgehead atoms. The van der Waals surface area contributed by atoms with Gasteiger partial charge in [-0.1, -0.05) is 42.7 Å². The van der Waals surface area contributed by atoms with Crippen LogP contribution in [0.5, 0.6) is 0 Å². The average molecular weight is 557 g/mol. The molecule has 0 aliphatic heterocycles. The van der Waals surface area contributed by atoms with Gasteiger partial charge in [0.2, 0.25) is 5.91 Å². The van der Waals surface area contributed by atoms with Crippen molar-refractivity contribution in [1.82, 2.24) is 30.2 Å². The number of fused-ring (bicyclic) bond motifs is 2. The van der Waals surface area contributed by atoms with Crippen LogP contribution < -0.4 is 16.2 Å². The maximum Gasteiger partial charge on any atom is 0.267 e. The van der Waals surface area contributed by atoms with E-state index in [1.807, 2.05) is 36.4 Å². The van der Waals surface area contributed by atoms with E-state index in [0.29, 0.717) is 57.7 Å². The quantitative estimate of drug-likeness (QED) is 0.176. The summed E-state index contributed by atoms with van der Waals surface area (Å²) in [6, 6.07) is 17.4. The summed E-state index contributed by atoms with van der Waals surface area (Å²) >= 11 is 0. The standard InChI is InChI=1S/C33H28N6O3/c1-4-27(40)34-18-9-8-12-23-13-10-17-26-29(23)33(42)39(25-15-6-5-7-16-25)31(38-26)22(3)37-32(41)28-21(2)36-20-24-14-11-19-35-30(24)28/h4-7,10-11,13-17,19-20,22H,1,9,18H2,2-3H3,(H,34,40)(H,37,41)/t22-/m1/s1. The van der Waals surface area contributed by atoms with Crippen molar-refractivity contribution in [1.29, 1.82) is 0 Å². The predicted octanol–water partition coefficient (Wildman–Crippen LogP) is 4.17. The molecule has 0 saturated carbocycles. The van der Waals surface area contributed by atoms with Crippen molar-refractivity contribution in [3.05, 3.63) is 119 Å². The Balaban J connectivity index is 1.57. The number of nitrogens with zero attached hydrogens (tertiary/aromatic N) is 4. The van der Waals surface area contributed by atoms with Crippen molar-refractivity contribution in [2.75, 3.05) is 6.54 Å². The van der Waals surface area contributed by atoms with Gasteiger partial charge in [0.05, 0.1) is 39.4 Å². The van der Waals surface area contributed by atoms with Crippen LogP contribution in [0.3, 0.4) is 0 Å². The van der Waals surface area contributed by atoms with Crippen LogP contribution in [-0.2, 0) is 4.79 Å². The first-order valence-electron chi connectivity index (χ1n) is 13.4. The molecule has 3 heterocycles. The van der Waals surface area contributed by atoms with E-state index in [0.717, 1.165) is 5.39 Å². The van der Waals surface area contributed by atoms with Gasteiger partial charge in [0, 0.05) is 36.3 Å². The minimum atomic E-state index is -0.656. The molecule has 208 valence electrons. The molecule has 3 aromatic heterocycles. The van der Waals surface area contributed by atoms with Crippen LogP contribution in [0.1, 0.15) is 46.8 Å². The summed E-state index contributed by atoms with van der Waals surface area (Å²) < 4.78 is 1.51. The van der Waals surface area contributed by atoms with Gasteiger partial charge in [-0.05, 0) is 56.3 Å². The van der Waals surface area contributed by atoms with Crippen molar-refractivity contribution >= 4 is 33.6 Å². The summed E-state index contributed by atoms with van der Waals surface area (Å²) in [5, 5.41) is 6.81. The second-order valence-electron chi connectivity index (χ2n) is 9.55. The highest BCUT2D eigenvalue weighted by Gasteiger charge is 2.23. The zero-order valence-electron chi connectivity index (χ0n) is 23.2. The van der Waals surface area contributed by atoms with Crippen LogP contribution in [0.15, 0.2) is 90.5 Å². The van der Waals surface area contributed by atoms with Crippen LogP contribution in [0.25, 0.3) is 27.5 Å². The number of aromatic nitrogens is 4. The predicted molar refractivity (Wildman–Crippen MR) is 162 cm³/mol. The Hall–Kier alpha value is -5.62. The lowest BCUT2D eigenvalue weighted by Gasteiger charge is -2.20. The summed E-state index contributed by atoms with van der Waals surface area (Å²) in [4.78, 5) is 52.8. The fourth-order valence-corrected chi connectivity index (χ4v) is 4.68. The lowest BCUT2D eigenvalue weighted by molar-refractivity contribution is -0.116. The maximum atomic E-state index is 14.1. The topological polar surface area (TPSA) is 119 Å². The summed E-state index contributed by atoms with van der Waals surface area (Å²) in [6.07, 6.45) is 4.92. The molecular formula is C33H28N6O3. The fraction of sp³-hybridized carbons (Fsp3) is 0.152. The first kappa shape index (κ1) is 27.9. The minimum absolute atomic E-state index is 0.270. The lowest BCUT2D eigenvalue weighted by atomic mass is 10.1. The highest BCUT2D eigenvalue weighted by molar-refractivity contribution is 6.06. The van der Waals surface area contributed by atoms with Crippen LogP contribution in [0.4, 0.5) is 0 Å². The van der Waals surface area contributed by atoms with Gasteiger partial charge in [0.25, 0.3) is 11.5 Å². The van der Waals surface area contributed by atoms with E-state index in [4.69, 9.17) is 4.98 Å². The van der Waals surface area contributed by atoms with Crippen LogP contribution >= 0.6 is 0 Å². The molecule has 0 spiro atoms. The van der Waals surface area contributed by atoms with E-state index < -0.39 is 6.04 Å². The monoisotopic (exact) mass is 556 g/mol. The molecule has 2 N–H and O–H groups in total. The molecule has 2 amide bonds. The Bertz CT molecular complexity index is 1950.